The summed E-state index contributed by atoms with van der Waals surface area (Å²) in [5.41, 5.74) is 4.35. The van der Waals surface area contributed by atoms with Crippen LogP contribution in [0.5, 0.6) is 0 Å². The maximum atomic E-state index is 13.8. The molecule has 6 heteroatoms. The summed E-state index contributed by atoms with van der Waals surface area (Å²) in [5, 5.41) is 16.4. The largest absolute Gasteiger partial charge is 0.392 e. The predicted molar refractivity (Wildman–Crippen MR) is 99.1 cm³/mol. The molecule has 2 aromatic carbocycles. The normalized spacial score (nSPS) is 12.8. The van der Waals surface area contributed by atoms with E-state index in [9.17, 15) is 9.18 Å². The lowest BCUT2D eigenvalue weighted by molar-refractivity contribution is 0.0944. The van der Waals surface area contributed by atoms with E-state index in [1.165, 1.54) is 12.1 Å². The van der Waals surface area contributed by atoms with Gasteiger partial charge in [-0.05, 0) is 43.0 Å². The second-order valence-corrected chi connectivity index (χ2v) is 6.64. The van der Waals surface area contributed by atoms with Crippen molar-refractivity contribution in [2.24, 2.45) is 0 Å². The van der Waals surface area contributed by atoms with Crippen LogP contribution in [0.1, 0.15) is 39.3 Å². The maximum absolute atomic E-state index is 13.8. The molecular weight excluding hydrogens is 345 g/mol. The van der Waals surface area contributed by atoms with Crippen LogP contribution in [-0.4, -0.2) is 20.8 Å². The average Bonchev–Trinajstić information content (AvgIpc) is 3.29. The lowest BCUT2D eigenvalue weighted by Gasteiger charge is -2.07. The Kier molecular flexibility index (Phi) is 4.73. The number of hydrogen-bond donors (Lipinski definition) is 2. The minimum absolute atomic E-state index is 0.203. The zero-order valence-electron chi connectivity index (χ0n) is 14.8. The van der Waals surface area contributed by atoms with Crippen molar-refractivity contribution in [2.75, 3.05) is 0 Å². The van der Waals surface area contributed by atoms with E-state index in [0.29, 0.717) is 11.3 Å². The summed E-state index contributed by atoms with van der Waals surface area (Å²) in [6.07, 6.45) is 2.75. The summed E-state index contributed by atoms with van der Waals surface area (Å²) in [5.74, 6) is -0.729. The van der Waals surface area contributed by atoms with Crippen molar-refractivity contribution in [1.82, 2.24) is 15.1 Å². The third-order valence-electron chi connectivity index (χ3n) is 4.89. The number of para-hydroxylation sites is 1. The summed E-state index contributed by atoms with van der Waals surface area (Å²) >= 11 is 0. The number of amides is 1. The SMILES string of the molecule is O=C(NCc1ccc(CO)c(F)c1)c1nn(-c2ccccc2)c2c1CCC2. The van der Waals surface area contributed by atoms with Crippen LogP contribution in [0.3, 0.4) is 0 Å². The standard InChI is InChI=1S/C21H20FN3O2/c22-18-11-14(9-10-15(18)13-26)12-23-21(27)20-17-7-4-8-19(17)25(24-20)16-5-2-1-3-6-16/h1-3,5-6,9-11,26H,4,7-8,12-13H2,(H,23,27). The van der Waals surface area contributed by atoms with Crippen molar-refractivity contribution in [1.29, 1.82) is 0 Å². The van der Waals surface area contributed by atoms with E-state index in [-0.39, 0.29) is 24.6 Å². The van der Waals surface area contributed by atoms with Gasteiger partial charge in [0.05, 0.1) is 12.3 Å². The Labute approximate surface area is 156 Å². The van der Waals surface area contributed by atoms with Gasteiger partial charge in [-0.3, -0.25) is 4.79 Å². The van der Waals surface area contributed by atoms with Crippen LogP contribution in [0.2, 0.25) is 0 Å². The Hall–Kier alpha value is -2.99. The molecule has 27 heavy (non-hydrogen) atoms. The molecule has 5 nitrogen and oxygen atoms in total. The highest BCUT2D eigenvalue weighted by Crippen LogP contribution is 2.27. The van der Waals surface area contributed by atoms with Gasteiger partial charge in [-0.25, -0.2) is 9.07 Å². The second-order valence-electron chi connectivity index (χ2n) is 6.64. The van der Waals surface area contributed by atoms with Gasteiger partial charge in [-0.15, -0.1) is 0 Å². The van der Waals surface area contributed by atoms with Crippen molar-refractivity contribution in [3.8, 4) is 5.69 Å². The van der Waals surface area contributed by atoms with Crippen LogP contribution in [0.4, 0.5) is 4.39 Å². The Morgan fingerprint density at radius 1 is 1.19 bits per heavy atom. The topological polar surface area (TPSA) is 67.2 Å². The number of aliphatic hydroxyl groups excluding tert-OH is 1. The molecule has 4 rings (SSSR count). The first-order valence-corrected chi connectivity index (χ1v) is 9.00. The molecule has 2 N–H and O–H groups in total. The van der Waals surface area contributed by atoms with Crippen LogP contribution in [0.25, 0.3) is 5.69 Å². The van der Waals surface area contributed by atoms with Crippen molar-refractivity contribution in [3.05, 3.63) is 82.4 Å². The summed E-state index contributed by atoms with van der Waals surface area (Å²) < 4.78 is 15.6. The molecule has 1 aliphatic rings. The van der Waals surface area contributed by atoms with Crippen LogP contribution >= 0.6 is 0 Å². The molecule has 0 saturated heterocycles. The number of aromatic nitrogens is 2. The highest BCUT2D eigenvalue weighted by Gasteiger charge is 2.26. The third kappa shape index (κ3) is 3.36. The number of hydrogen-bond acceptors (Lipinski definition) is 3. The van der Waals surface area contributed by atoms with E-state index in [0.717, 1.165) is 36.2 Å². The van der Waals surface area contributed by atoms with Crippen molar-refractivity contribution in [3.63, 3.8) is 0 Å². The highest BCUT2D eigenvalue weighted by molar-refractivity contribution is 5.94. The Morgan fingerprint density at radius 3 is 2.74 bits per heavy atom. The van der Waals surface area contributed by atoms with Gasteiger partial charge in [0.25, 0.3) is 5.91 Å². The number of halogens is 1. The first kappa shape index (κ1) is 17.4. The zero-order valence-corrected chi connectivity index (χ0v) is 14.8. The maximum Gasteiger partial charge on any atom is 0.272 e. The molecule has 1 aromatic heterocycles. The van der Waals surface area contributed by atoms with Gasteiger partial charge in [-0.2, -0.15) is 5.10 Å². The van der Waals surface area contributed by atoms with E-state index in [1.54, 1.807) is 6.07 Å². The van der Waals surface area contributed by atoms with Gasteiger partial charge in [-0.1, -0.05) is 30.3 Å². The number of aliphatic hydroxyl groups is 1. The van der Waals surface area contributed by atoms with Crippen LogP contribution < -0.4 is 5.32 Å². The molecule has 0 aliphatic heterocycles. The van der Waals surface area contributed by atoms with Gasteiger partial charge < -0.3 is 10.4 Å². The van der Waals surface area contributed by atoms with E-state index in [2.05, 4.69) is 10.4 Å². The van der Waals surface area contributed by atoms with Gasteiger partial charge in [0.15, 0.2) is 5.69 Å². The number of benzene rings is 2. The Bertz CT molecular complexity index is 983. The third-order valence-corrected chi connectivity index (χ3v) is 4.89. The molecular formula is C21H20FN3O2. The number of nitrogens with one attached hydrogen (secondary N) is 1. The summed E-state index contributed by atoms with van der Waals surface area (Å²) in [4.78, 5) is 12.7. The fraction of sp³-hybridized carbons (Fsp3) is 0.238. The van der Waals surface area contributed by atoms with E-state index >= 15 is 0 Å². The molecule has 0 unspecified atom stereocenters. The summed E-state index contributed by atoms with van der Waals surface area (Å²) in [6.45, 7) is -0.143. The first-order valence-electron chi connectivity index (χ1n) is 9.00. The minimum atomic E-state index is -0.474. The fourth-order valence-electron chi connectivity index (χ4n) is 3.50. The molecule has 138 valence electrons. The average molecular weight is 365 g/mol. The molecule has 3 aromatic rings. The summed E-state index contributed by atoms with van der Waals surface area (Å²) in [6, 6.07) is 14.3. The fourth-order valence-corrected chi connectivity index (χ4v) is 3.50. The number of fused-ring (bicyclic) bond motifs is 1. The van der Waals surface area contributed by atoms with Crippen LogP contribution in [0, 0.1) is 5.82 Å². The lowest BCUT2D eigenvalue weighted by atomic mass is 10.1. The van der Waals surface area contributed by atoms with E-state index in [1.807, 2.05) is 35.0 Å². The van der Waals surface area contributed by atoms with Gasteiger partial charge in [0.1, 0.15) is 5.82 Å². The van der Waals surface area contributed by atoms with Crippen molar-refractivity contribution in [2.45, 2.75) is 32.4 Å². The smallest absolute Gasteiger partial charge is 0.272 e. The van der Waals surface area contributed by atoms with E-state index < -0.39 is 5.82 Å². The Balaban J connectivity index is 1.55. The van der Waals surface area contributed by atoms with Crippen molar-refractivity contribution >= 4 is 5.91 Å². The predicted octanol–water partition coefficient (Wildman–Crippen LogP) is 2.92. The molecule has 1 amide bonds. The number of nitrogens with zero attached hydrogens (tertiary/aromatic N) is 2. The van der Waals surface area contributed by atoms with Crippen LogP contribution in [-0.2, 0) is 26.0 Å². The monoisotopic (exact) mass is 365 g/mol. The molecule has 0 spiro atoms. The van der Waals surface area contributed by atoms with Crippen LogP contribution in [0.15, 0.2) is 48.5 Å². The van der Waals surface area contributed by atoms with Gasteiger partial charge in [0, 0.05) is 23.4 Å². The van der Waals surface area contributed by atoms with Gasteiger partial charge >= 0.3 is 0 Å². The zero-order chi connectivity index (χ0) is 18.8. The highest BCUT2D eigenvalue weighted by atomic mass is 19.1. The minimum Gasteiger partial charge on any atom is -0.392 e. The Morgan fingerprint density at radius 2 is 2.00 bits per heavy atom. The first-order chi connectivity index (χ1) is 13.2. The molecule has 0 atom stereocenters. The van der Waals surface area contributed by atoms with Gasteiger partial charge in [0.2, 0.25) is 0 Å². The molecule has 0 radical (unpaired) electrons. The quantitative estimate of drug-likeness (QED) is 0.731. The number of carbonyl (C=O) groups excluding carboxylic acids is 1. The van der Waals surface area contributed by atoms with E-state index in [4.69, 9.17) is 5.11 Å². The molecule has 1 aliphatic carbocycles. The second kappa shape index (κ2) is 7.32. The molecule has 0 saturated carbocycles. The lowest BCUT2D eigenvalue weighted by Crippen LogP contribution is -2.24. The van der Waals surface area contributed by atoms with Crippen molar-refractivity contribution < 1.29 is 14.3 Å². The molecule has 1 heterocycles. The number of carbonyl (C=O) groups is 1. The number of rotatable bonds is 5. The molecule has 0 fully saturated rings. The molecule has 0 bridgehead atoms. The summed E-state index contributed by atoms with van der Waals surface area (Å²) in [7, 11) is 0.